The van der Waals surface area contributed by atoms with Gasteiger partial charge in [0.2, 0.25) is 5.75 Å². The average Bonchev–Trinajstić information content (AvgIpc) is 2.54. The van der Waals surface area contributed by atoms with Crippen LogP contribution in [-0.4, -0.2) is 14.8 Å². The zero-order valence-electron chi connectivity index (χ0n) is 11.5. The third-order valence-corrected chi connectivity index (χ3v) is 2.82. The van der Waals surface area contributed by atoms with Crippen molar-refractivity contribution < 1.29 is 19.5 Å². The van der Waals surface area contributed by atoms with Crippen molar-refractivity contribution in [2.75, 3.05) is 0 Å². The monoisotopic (exact) mass is 334 g/mol. The van der Waals surface area contributed by atoms with E-state index in [1.165, 1.54) is 0 Å². The summed E-state index contributed by atoms with van der Waals surface area (Å²) in [5.74, 6) is -0.656. The highest BCUT2D eigenvalue weighted by atomic mass is 16.6. The number of nitrogens with zero attached hydrogens (tertiary/aromatic N) is 4. The zero-order valence-corrected chi connectivity index (χ0v) is 11.5. The van der Waals surface area contributed by atoms with Crippen LogP contribution in [0.25, 0.3) is 0 Å². The number of nitro groups is 3. The second-order valence-electron chi connectivity index (χ2n) is 4.27. The largest absolute Gasteiger partial charge is 0.448 e. The molecule has 0 aliphatic rings. The van der Waals surface area contributed by atoms with Crippen LogP contribution >= 0.6 is 0 Å². The van der Waals surface area contributed by atoms with E-state index in [2.05, 4.69) is 5.18 Å². The molecular weight excluding hydrogens is 328 g/mol. The molecule has 2 aromatic rings. The molecule has 2 aromatic carbocycles. The van der Waals surface area contributed by atoms with E-state index < -0.39 is 37.5 Å². The molecule has 0 bridgehead atoms. The van der Waals surface area contributed by atoms with E-state index in [4.69, 9.17) is 4.74 Å². The van der Waals surface area contributed by atoms with Crippen molar-refractivity contribution in [1.82, 2.24) is 0 Å². The van der Waals surface area contributed by atoms with E-state index in [0.29, 0.717) is 6.07 Å². The average molecular weight is 334 g/mol. The standard InChI is InChI=1S/C12H6N4O8/c17-13-9-5-7(14(18)19)1-3-11(9)24-12-4-2-8(15(20)21)6-10(12)16(22)23/h1-6H. The third kappa shape index (κ3) is 3.27. The summed E-state index contributed by atoms with van der Waals surface area (Å²) in [6.45, 7) is 0. The highest BCUT2D eigenvalue weighted by molar-refractivity contribution is 5.61. The molecule has 0 saturated carbocycles. The number of nitroso groups, excluding NO2 is 1. The van der Waals surface area contributed by atoms with Crippen LogP contribution in [0.1, 0.15) is 0 Å². The molecule has 24 heavy (non-hydrogen) atoms. The Balaban J connectivity index is 2.48. The van der Waals surface area contributed by atoms with Crippen LogP contribution in [0.15, 0.2) is 41.6 Å². The van der Waals surface area contributed by atoms with Crippen LogP contribution in [0.3, 0.4) is 0 Å². The Morgan fingerprint density at radius 2 is 1.33 bits per heavy atom. The second kappa shape index (κ2) is 6.43. The lowest BCUT2D eigenvalue weighted by molar-refractivity contribution is -0.394. The van der Waals surface area contributed by atoms with E-state index >= 15 is 0 Å². The third-order valence-electron chi connectivity index (χ3n) is 2.82. The maximum absolute atomic E-state index is 11.0. The molecule has 12 nitrogen and oxygen atoms in total. The summed E-state index contributed by atoms with van der Waals surface area (Å²) in [6.07, 6.45) is 0. The fourth-order valence-electron chi connectivity index (χ4n) is 1.74. The van der Waals surface area contributed by atoms with Crippen molar-refractivity contribution in [3.05, 3.63) is 71.6 Å². The molecule has 2 rings (SSSR count). The van der Waals surface area contributed by atoms with Gasteiger partial charge in [-0.05, 0) is 17.3 Å². The Kier molecular flexibility index (Phi) is 4.40. The van der Waals surface area contributed by atoms with Gasteiger partial charge in [-0.25, -0.2) is 0 Å². The van der Waals surface area contributed by atoms with Gasteiger partial charge in [-0.1, -0.05) is 0 Å². The number of benzene rings is 2. The van der Waals surface area contributed by atoms with E-state index in [-0.39, 0.29) is 11.5 Å². The first-order valence-electron chi connectivity index (χ1n) is 6.06. The van der Waals surface area contributed by atoms with Gasteiger partial charge in [0, 0.05) is 18.2 Å². The molecule has 0 N–H and O–H groups in total. The highest BCUT2D eigenvalue weighted by Crippen LogP contribution is 2.39. The molecule has 0 unspecified atom stereocenters. The Morgan fingerprint density at radius 3 is 1.83 bits per heavy atom. The number of non-ortho nitro benzene ring substituents is 2. The van der Waals surface area contributed by atoms with Crippen molar-refractivity contribution in [3.8, 4) is 11.5 Å². The SMILES string of the molecule is O=Nc1cc([N+](=O)[O-])ccc1Oc1ccc([N+](=O)[O-])cc1[N+](=O)[O-]. The van der Waals surface area contributed by atoms with Crippen molar-refractivity contribution >= 4 is 22.7 Å². The van der Waals surface area contributed by atoms with Gasteiger partial charge in [0.15, 0.2) is 11.4 Å². The lowest BCUT2D eigenvalue weighted by atomic mass is 10.2. The van der Waals surface area contributed by atoms with Gasteiger partial charge in [-0.3, -0.25) is 30.3 Å². The Labute approximate surface area is 131 Å². The molecule has 0 radical (unpaired) electrons. The summed E-state index contributed by atoms with van der Waals surface area (Å²) in [4.78, 5) is 40.6. The summed E-state index contributed by atoms with van der Waals surface area (Å²) >= 11 is 0. The van der Waals surface area contributed by atoms with Crippen LogP contribution in [0.2, 0.25) is 0 Å². The fourth-order valence-corrected chi connectivity index (χ4v) is 1.74. The molecule has 0 aromatic heterocycles. The Bertz CT molecular complexity index is 866. The number of rotatable bonds is 6. The fraction of sp³-hybridized carbons (Fsp3) is 0. The van der Waals surface area contributed by atoms with Crippen LogP contribution < -0.4 is 4.74 Å². The number of nitro benzene ring substituents is 3. The molecule has 0 aliphatic heterocycles. The number of hydrogen-bond acceptors (Lipinski definition) is 9. The molecule has 0 amide bonds. The van der Waals surface area contributed by atoms with Crippen molar-refractivity contribution in [2.24, 2.45) is 5.18 Å². The molecule has 0 spiro atoms. The number of ether oxygens (including phenoxy) is 1. The molecule has 0 aliphatic carbocycles. The summed E-state index contributed by atoms with van der Waals surface area (Å²) in [5.41, 5.74) is -2.10. The van der Waals surface area contributed by atoms with Gasteiger partial charge in [0.05, 0.1) is 20.8 Å². The minimum absolute atomic E-state index is 0.271. The van der Waals surface area contributed by atoms with Gasteiger partial charge >= 0.3 is 5.69 Å². The molecule has 0 atom stereocenters. The smallest absolute Gasteiger partial charge is 0.318 e. The van der Waals surface area contributed by atoms with Crippen molar-refractivity contribution in [1.29, 1.82) is 0 Å². The summed E-state index contributed by atoms with van der Waals surface area (Å²) in [5, 5.41) is 34.9. The Morgan fingerprint density at radius 1 is 0.792 bits per heavy atom. The maximum Gasteiger partial charge on any atom is 0.318 e. The molecule has 0 fully saturated rings. The molecule has 0 saturated heterocycles. The van der Waals surface area contributed by atoms with E-state index in [1.807, 2.05) is 0 Å². The predicted octanol–water partition coefficient (Wildman–Crippen LogP) is 3.60. The van der Waals surface area contributed by atoms with Gasteiger partial charge in [-0.15, -0.1) is 4.91 Å². The first kappa shape index (κ1) is 16.4. The predicted molar refractivity (Wildman–Crippen MR) is 78.4 cm³/mol. The lowest BCUT2D eigenvalue weighted by Gasteiger charge is -2.07. The minimum Gasteiger partial charge on any atom is -0.448 e. The molecule has 0 heterocycles. The van der Waals surface area contributed by atoms with E-state index in [1.54, 1.807) is 0 Å². The summed E-state index contributed by atoms with van der Waals surface area (Å²) < 4.78 is 5.18. The van der Waals surface area contributed by atoms with Crippen LogP contribution in [0, 0.1) is 35.3 Å². The molecular formula is C12H6N4O8. The van der Waals surface area contributed by atoms with E-state index in [0.717, 1.165) is 30.3 Å². The van der Waals surface area contributed by atoms with E-state index in [9.17, 15) is 35.3 Å². The summed E-state index contributed by atoms with van der Waals surface area (Å²) in [6, 6.07) is 5.53. The molecule has 12 heteroatoms. The first-order valence-corrected chi connectivity index (χ1v) is 6.06. The normalized spacial score (nSPS) is 10.0. The van der Waals surface area contributed by atoms with Gasteiger partial charge < -0.3 is 4.74 Å². The second-order valence-corrected chi connectivity index (χ2v) is 4.27. The lowest BCUT2D eigenvalue weighted by Crippen LogP contribution is -1.96. The van der Waals surface area contributed by atoms with Gasteiger partial charge in [0.25, 0.3) is 11.4 Å². The van der Waals surface area contributed by atoms with Crippen LogP contribution in [0.5, 0.6) is 11.5 Å². The van der Waals surface area contributed by atoms with Crippen molar-refractivity contribution in [3.63, 3.8) is 0 Å². The van der Waals surface area contributed by atoms with Gasteiger partial charge in [0.1, 0.15) is 0 Å². The number of hydrogen-bond donors (Lipinski definition) is 0. The first-order chi connectivity index (χ1) is 11.3. The topological polar surface area (TPSA) is 168 Å². The molecule has 122 valence electrons. The summed E-state index contributed by atoms with van der Waals surface area (Å²) in [7, 11) is 0. The minimum atomic E-state index is -0.901. The highest BCUT2D eigenvalue weighted by Gasteiger charge is 2.22. The van der Waals surface area contributed by atoms with Gasteiger partial charge in [-0.2, -0.15) is 0 Å². The maximum atomic E-state index is 11.0. The zero-order chi connectivity index (χ0) is 17.9. The Hall–Kier alpha value is -3.96. The van der Waals surface area contributed by atoms with Crippen molar-refractivity contribution in [2.45, 2.75) is 0 Å². The van der Waals surface area contributed by atoms with Crippen LogP contribution in [-0.2, 0) is 0 Å². The quantitative estimate of drug-likeness (QED) is 0.438. The van der Waals surface area contributed by atoms with Crippen LogP contribution in [0.4, 0.5) is 22.7 Å².